The standard InChI is InChI=1S/C39H46ClN11O8/c1-24(57-2)35-30(22-42-32-7-9-44-51(32)35)46-39(56)45-29-20-26(40)21-43-37(29)59-17-10-41-33(52)8-16-58-18-15-48-11-13-49(14-12-48)27-3-4-28-25(19-27)23-50(38(28)55)31-5-6-34(53)47-36(31)54/h3-4,7,9,19-22,24,31H,5-6,8,10-18,23H2,1-2H3,(H,41,52)(H2,45,46,56)(H,47,53,54)/t24-,31?/m0/s1. The molecule has 59 heavy (non-hydrogen) atoms. The van der Waals surface area contributed by atoms with Crippen molar-refractivity contribution < 1.29 is 38.2 Å². The van der Waals surface area contributed by atoms with Gasteiger partial charge < -0.3 is 40.0 Å². The minimum Gasteiger partial charge on any atom is -0.474 e. The van der Waals surface area contributed by atoms with Crippen LogP contribution in [-0.2, 0) is 30.4 Å². The van der Waals surface area contributed by atoms with Crippen molar-refractivity contribution in [1.82, 2.24) is 40.0 Å². The van der Waals surface area contributed by atoms with Gasteiger partial charge in [-0.25, -0.2) is 19.3 Å². The third-order valence-corrected chi connectivity index (χ3v) is 10.6. The highest BCUT2D eigenvalue weighted by molar-refractivity contribution is 6.30. The molecular weight excluding hydrogens is 786 g/mol. The van der Waals surface area contributed by atoms with Gasteiger partial charge in [0.05, 0.1) is 54.7 Å². The molecule has 3 aliphatic rings. The monoisotopic (exact) mass is 831 g/mol. The number of hydrogen-bond acceptors (Lipinski definition) is 13. The molecule has 19 nitrogen and oxygen atoms in total. The number of nitrogens with zero attached hydrogens (tertiary/aromatic N) is 7. The summed E-state index contributed by atoms with van der Waals surface area (Å²) in [4.78, 5) is 77.2. The first kappa shape index (κ1) is 41.3. The van der Waals surface area contributed by atoms with Crippen LogP contribution in [0.1, 0.15) is 53.9 Å². The fourth-order valence-electron chi connectivity index (χ4n) is 7.27. The van der Waals surface area contributed by atoms with Gasteiger partial charge in [-0.15, -0.1) is 0 Å². The van der Waals surface area contributed by atoms with Gasteiger partial charge in [0.1, 0.15) is 18.3 Å². The van der Waals surface area contributed by atoms with Crippen molar-refractivity contribution in [3.05, 3.63) is 70.8 Å². The highest BCUT2D eigenvalue weighted by Gasteiger charge is 2.39. The second-order valence-electron chi connectivity index (χ2n) is 14.3. The van der Waals surface area contributed by atoms with Crippen molar-refractivity contribution in [3.8, 4) is 5.88 Å². The Morgan fingerprint density at radius 3 is 2.61 bits per heavy atom. The topological polar surface area (TPSA) is 214 Å². The number of hydrogen-bond donors (Lipinski definition) is 4. The highest BCUT2D eigenvalue weighted by atomic mass is 35.5. The van der Waals surface area contributed by atoms with E-state index in [2.05, 4.69) is 46.1 Å². The number of piperidine rings is 1. The average Bonchev–Trinajstić information content (AvgIpc) is 3.83. The number of benzene rings is 1. The highest BCUT2D eigenvalue weighted by Crippen LogP contribution is 2.31. The van der Waals surface area contributed by atoms with Gasteiger partial charge in [-0.3, -0.25) is 29.4 Å². The number of urea groups is 1. The van der Waals surface area contributed by atoms with Gasteiger partial charge >= 0.3 is 6.03 Å². The number of aromatic nitrogens is 4. The lowest BCUT2D eigenvalue weighted by Gasteiger charge is -2.36. The second-order valence-corrected chi connectivity index (χ2v) is 14.7. The van der Waals surface area contributed by atoms with E-state index < -0.39 is 24.1 Å². The molecule has 3 aliphatic heterocycles. The zero-order valence-electron chi connectivity index (χ0n) is 32.7. The minimum absolute atomic E-state index is 0.0866. The number of imide groups is 1. The molecule has 2 saturated heterocycles. The van der Waals surface area contributed by atoms with Crippen LogP contribution in [0, 0.1) is 0 Å². The quantitative estimate of drug-likeness (QED) is 0.0946. The second kappa shape index (κ2) is 18.8. The molecular formula is C39H46ClN11O8. The van der Waals surface area contributed by atoms with E-state index in [1.54, 1.807) is 28.8 Å². The number of ether oxygens (including phenoxy) is 3. The fourth-order valence-corrected chi connectivity index (χ4v) is 7.43. The van der Waals surface area contributed by atoms with Crippen molar-refractivity contribution >= 4 is 64.0 Å². The Morgan fingerprint density at radius 1 is 1.00 bits per heavy atom. The molecule has 1 unspecified atom stereocenters. The lowest BCUT2D eigenvalue weighted by molar-refractivity contribution is -0.137. The van der Waals surface area contributed by atoms with Crippen molar-refractivity contribution in [2.75, 3.05) is 81.7 Å². The number of rotatable bonds is 16. The molecule has 1 aromatic carbocycles. The predicted molar refractivity (Wildman–Crippen MR) is 215 cm³/mol. The molecule has 2 fully saturated rings. The molecule has 0 radical (unpaired) electrons. The first-order valence-electron chi connectivity index (χ1n) is 19.4. The van der Waals surface area contributed by atoms with Crippen LogP contribution in [0.2, 0.25) is 5.02 Å². The lowest BCUT2D eigenvalue weighted by Crippen LogP contribution is -2.52. The average molecular weight is 832 g/mol. The van der Waals surface area contributed by atoms with Gasteiger partial charge in [0.15, 0.2) is 5.65 Å². The number of fused-ring (bicyclic) bond motifs is 2. The summed E-state index contributed by atoms with van der Waals surface area (Å²) < 4.78 is 18.6. The Morgan fingerprint density at radius 2 is 1.81 bits per heavy atom. The zero-order valence-corrected chi connectivity index (χ0v) is 33.5. The van der Waals surface area contributed by atoms with Crippen LogP contribution < -0.4 is 30.9 Å². The summed E-state index contributed by atoms with van der Waals surface area (Å²) in [7, 11) is 1.56. The van der Waals surface area contributed by atoms with E-state index in [0.29, 0.717) is 42.2 Å². The SMILES string of the molecule is CO[C@@H](C)c1c(NC(=O)Nc2cc(Cl)cnc2OCCNC(=O)CCOCCN2CCN(c3ccc4c(c3)CN(C3CCC(=O)NC3=O)C4=O)CC2)cnc2ccnn12. The Balaban J connectivity index is 0.778. The van der Waals surface area contributed by atoms with Crippen LogP contribution in [0.4, 0.5) is 21.9 Å². The number of nitrogens with one attached hydrogen (secondary N) is 4. The van der Waals surface area contributed by atoms with E-state index in [-0.39, 0.29) is 66.9 Å². The van der Waals surface area contributed by atoms with Crippen molar-refractivity contribution in [2.24, 2.45) is 0 Å². The normalized spacial score (nSPS) is 17.5. The number of methoxy groups -OCH3 is 1. The largest absolute Gasteiger partial charge is 0.474 e. The van der Waals surface area contributed by atoms with Gasteiger partial charge in [-0.05, 0) is 43.2 Å². The van der Waals surface area contributed by atoms with Gasteiger partial charge in [0.2, 0.25) is 23.6 Å². The summed E-state index contributed by atoms with van der Waals surface area (Å²) in [6.45, 7) is 7.23. The molecule has 4 aromatic rings. The fraction of sp³-hybridized carbons (Fsp3) is 0.436. The molecule has 0 bridgehead atoms. The maximum absolute atomic E-state index is 13.1. The van der Waals surface area contributed by atoms with Gasteiger partial charge in [0, 0.05) is 82.7 Å². The van der Waals surface area contributed by atoms with Crippen LogP contribution in [0.3, 0.4) is 0 Å². The van der Waals surface area contributed by atoms with Crippen LogP contribution in [-0.4, -0.2) is 131 Å². The summed E-state index contributed by atoms with van der Waals surface area (Å²) in [6.07, 6.45) is 4.87. The maximum Gasteiger partial charge on any atom is 0.323 e. The third-order valence-electron chi connectivity index (χ3n) is 10.4. The molecule has 0 aliphatic carbocycles. The molecule has 7 rings (SSSR count). The Bertz CT molecular complexity index is 2210. The molecule has 0 spiro atoms. The van der Waals surface area contributed by atoms with E-state index >= 15 is 0 Å². The summed E-state index contributed by atoms with van der Waals surface area (Å²) in [6, 6.07) is 7.84. The Labute approximate surface area is 344 Å². The Hall–Kier alpha value is -5.89. The molecule has 312 valence electrons. The van der Waals surface area contributed by atoms with Crippen LogP contribution in [0.5, 0.6) is 5.88 Å². The van der Waals surface area contributed by atoms with E-state index in [9.17, 15) is 24.0 Å². The van der Waals surface area contributed by atoms with Crippen molar-refractivity contribution in [1.29, 1.82) is 0 Å². The van der Waals surface area contributed by atoms with Crippen molar-refractivity contribution in [2.45, 2.75) is 44.9 Å². The number of halogens is 1. The van der Waals surface area contributed by atoms with E-state index in [1.165, 1.54) is 18.5 Å². The van der Waals surface area contributed by atoms with Gasteiger partial charge in [0.25, 0.3) is 5.91 Å². The first-order chi connectivity index (χ1) is 28.6. The molecule has 3 aromatic heterocycles. The Kier molecular flexibility index (Phi) is 13.1. The maximum atomic E-state index is 13.1. The van der Waals surface area contributed by atoms with Crippen LogP contribution >= 0.6 is 11.6 Å². The van der Waals surface area contributed by atoms with Crippen LogP contribution in [0.25, 0.3) is 5.65 Å². The smallest absolute Gasteiger partial charge is 0.323 e. The minimum atomic E-state index is -0.633. The number of carbonyl (C=O) groups is 5. The number of piperazine rings is 1. The molecule has 0 saturated carbocycles. The number of carbonyl (C=O) groups excluding carboxylic acids is 5. The van der Waals surface area contributed by atoms with Gasteiger partial charge in [-0.1, -0.05) is 11.6 Å². The molecule has 6 heterocycles. The lowest BCUT2D eigenvalue weighted by atomic mass is 10.0. The summed E-state index contributed by atoms with van der Waals surface area (Å²) in [5, 5.41) is 15.2. The molecule has 2 atom stereocenters. The summed E-state index contributed by atoms with van der Waals surface area (Å²) >= 11 is 6.17. The molecule has 20 heteroatoms. The molecule has 4 N–H and O–H groups in total. The zero-order chi connectivity index (χ0) is 41.5. The number of anilines is 3. The molecule has 6 amide bonds. The summed E-state index contributed by atoms with van der Waals surface area (Å²) in [5.74, 6) is -0.965. The van der Waals surface area contributed by atoms with Gasteiger partial charge in [-0.2, -0.15) is 5.10 Å². The number of pyridine rings is 1. The third kappa shape index (κ3) is 9.88. The van der Waals surface area contributed by atoms with E-state index in [0.717, 1.165) is 44.0 Å². The van der Waals surface area contributed by atoms with Crippen molar-refractivity contribution in [3.63, 3.8) is 0 Å². The first-order valence-corrected chi connectivity index (χ1v) is 19.8. The summed E-state index contributed by atoms with van der Waals surface area (Å²) in [5.41, 5.74) is 4.35. The number of amides is 6. The van der Waals surface area contributed by atoms with Crippen LogP contribution in [0.15, 0.2) is 48.9 Å². The van der Waals surface area contributed by atoms with E-state index in [4.69, 9.17) is 25.8 Å². The predicted octanol–water partition coefficient (Wildman–Crippen LogP) is 2.61. The van der Waals surface area contributed by atoms with E-state index in [1.807, 2.05) is 25.1 Å².